The minimum Gasteiger partial charge on any atom is -0.397 e. The molecule has 0 radical (unpaired) electrons. The minimum absolute atomic E-state index is 0.142. The second kappa shape index (κ2) is 5.04. The number of rotatable bonds is 3. The van der Waals surface area contributed by atoms with E-state index in [2.05, 4.69) is 10.3 Å². The Bertz CT molecular complexity index is 580. The lowest BCUT2D eigenvalue weighted by Gasteiger charge is -2.11. The zero-order valence-electron chi connectivity index (χ0n) is 10.6. The van der Waals surface area contributed by atoms with Crippen molar-refractivity contribution in [3.63, 3.8) is 0 Å². The Morgan fingerprint density at radius 2 is 2.17 bits per heavy atom. The van der Waals surface area contributed by atoms with E-state index >= 15 is 0 Å². The van der Waals surface area contributed by atoms with Crippen LogP contribution in [0.1, 0.15) is 30.8 Å². The summed E-state index contributed by atoms with van der Waals surface area (Å²) in [5.41, 5.74) is 7.53. The number of nitrogen functional groups attached to an aromatic ring is 1. The van der Waals surface area contributed by atoms with Crippen LogP contribution in [0.4, 0.5) is 5.69 Å². The van der Waals surface area contributed by atoms with Gasteiger partial charge in [0.1, 0.15) is 5.69 Å². The Morgan fingerprint density at radius 1 is 1.39 bits per heavy atom. The van der Waals surface area contributed by atoms with E-state index in [1.807, 2.05) is 32.0 Å². The van der Waals surface area contributed by atoms with Crippen molar-refractivity contribution in [3.05, 3.63) is 36.0 Å². The molecule has 0 fully saturated rings. The van der Waals surface area contributed by atoms with E-state index in [1.54, 1.807) is 12.1 Å². The summed E-state index contributed by atoms with van der Waals surface area (Å²) in [5.74, 6) is -0.158. The number of aromatic nitrogens is 1. The second-order valence-corrected chi connectivity index (χ2v) is 4.40. The van der Waals surface area contributed by atoms with Crippen LogP contribution in [0.25, 0.3) is 10.9 Å². The van der Waals surface area contributed by atoms with Gasteiger partial charge >= 0.3 is 0 Å². The third-order valence-electron chi connectivity index (χ3n) is 2.97. The van der Waals surface area contributed by atoms with Gasteiger partial charge in [0.2, 0.25) is 0 Å². The van der Waals surface area contributed by atoms with Gasteiger partial charge in [0.05, 0.1) is 11.2 Å². The van der Waals surface area contributed by atoms with E-state index < -0.39 is 0 Å². The third kappa shape index (κ3) is 2.42. The Kier molecular flexibility index (Phi) is 3.46. The summed E-state index contributed by atoms with van der Waals surface area (Å²) in [5, 5.41) is 3.83. The van der Waals surface area contributed by atoms with Crippen LogP contribution in [0, 0.1) is 0 Å². The number of fused-ring (bicyclic) bond motifs is 1. The zero-order valence-corrected chi connectivity index (χ0v) is 10.6. The largest absolute Gasteiger partial charge is 0.397 e. The summed E-state index contributed by atoms with van der Waals surface area (Å²) in [6.45, 7) is 3.99. The number of pyridine rings is 1. The summed E-state index contributed by atoms with van der Waals surface area (Å²) in [4.78, 5) is 16.3. The quantitative estimate of drug-likeness (QED) is 0.813. The molecule has 3 N–H and O–H groups in total. The number of nitrogens with two attached hydrogens (primary N) is 1. The molecule has 94 valence electrons. The topological polar surface area (TPSA) is 68.0 Å². The number of hydrogen-bond acceptors (Lipinski definition) is 3. The Hall–Kier alpha value is -2.10. The predicted octanol–water partition coefficient (Wildman–Crippen LogP) is 2.35. The van der Waals surface area contributed by atoms with Crippen molar-refractivity contribution in [1.29, 1.82) is 0 Å². The molecular weight excluding hydrogens is 226 g/mol. The highest BCUT2D eigenvalue weighted by Crippen LogP contribution is 2.18. The molecule has 0 bridgehead atoms. The van der Waals surface area contributed by atoms with Crippen molar-refractivity contribution in [3.8, 4) is 0 Å². The average molecular weight is 243 g/mol. The first-order valence-corrected chi connectivity index (χ1v) is 6.08. The van der Waals surface area contributed by atoms with Crippen LogP contribution < -0.4 is 11.1 Å². The first-order valence-electron chi connectivity index (χ1n) is 6.08. The fourth-order valence-electron chi connectivity index (χ4n) is 1.70. The zero-order chi connectivity index (χ0) is 13.1. The number of nitrogens with zero attached hydrogens (tertiary/aromatic N) is 1. The van der Waals surface area contributed by atoms with E-state index in [0.29, 0.717) is 16.9 Å². The van der Waals surface area contributed by atoms with Crippen molar-refractivity contribution >= 4 is 22.5 Å². The standard InChI is InChI=1S/C14H17N3O/c1-3-9(2)16-14(18)12-8-7-10-5-4-6-11(15)13(10)17-12/h4-9H,3,15H2,1-2H3,(H,16,18). The molecule has 0 saturated heterocycles. The van der Waals surface area contributed by atoms with Gasteiger partial charge in [0, 0.05) is 11.4 Å². The molecule has 0 aliphatic carbocycles. The van der Waals surface area contributed by atoms with Crippen LogP contribution in [0.2, 0.25) is 0 Å². The van der Waals surface area contributed by atoms with Gasteiger partial charge in [-0.05, 0) is 25.5 Å². The maximum absolute atomic E-state index is 12.0. The van der Waals surface area contributed by atoms with Crippen molar-refractivity contribution in [2.24, 2.45) is 0 Å². The number of amides is 1. The maximum atomic E-state index is 12.0. The van der Waals surface area contributed by atoms with Gasteiger partial charge in [-0.25, -0.2) is 4.98 Å². The summed E-state index contributed by atoms with van der Waals surface area (Å²) in [6.07, 6.45) is 0.890. The number of hydrogen-bond donors (Lipinski definition) is 2. The normalized spacial score (nSPS) is 12.3. The number of nitrogens with one attached hydrogen (secondary N) is 1. The van der Waals surface area contributed by atoms with Gasteiger partial charge in [-0.1, -0.05) is 25.1 Å². The van der Waals surface area contributed by atoms with Gasteiger partial charge in [-0.15, -0.1) is 0 Å². The number of benzene rings is 1. The molecule has 4 heteroatoms. The molecule has 1 aromatic heterocycles. The van der Waals surface area contributed by atoms with Crippen LogP contribution in [-0.2, 0) is 0 Å². The van der Waals surface area contributed by atoms with Gasteiger partial charge in [-0.2, -0.15) is 0 Å². The molecule has 0 saturated carbocycles. The first kappa shape index (κ1) is 12.4. The Balaban J connectivity index is 2.35. The summed E-state index contributed by atoms with van der Waals surface area (Å²) in [7, 11) is 0. The SMILES string of the molecule is CCC(C)NC(=O)c1ccc2cccc(N)c2n1. The molecular formula is C14H17N3O. The van der Waals surface area contributed by atoms with E-state index in [9.17, 15) is 4.79 Å². The third-order valence-corrected chi connectivity index (χ3v) is 2.97. The molecule has 1 heterocycles. The molecule has 1 unspecified atom stereocenters. The number of carbonyl (C=O) groups excluding carboxylic acids is 1. The Morgan fingerprint density at radius 3 is 2.89 bits per heavy atom. The lowest BCUT2D eigenvalue weighted by Crippen LogP contribution is -2.32. The van der Waals surface area contributed by atoms with Gasteiger partial charge < -0.3 is 11.1 Å². The first-order chi connectivity index (χ1) is 8.61. The van der Waals surface area contributed by atoms with Crippen LogP contribution in [0.3, 0.4) is 0 Å². The molecule has 0 spiro atoms. The monoisotopic (exact) mass is 243 g/mol. The molecule has 1 amide bonds. The smallest absolute Gasteiger partial charge is 0.270 e. The van der Waals surface area contributed by atoms with E-state index in [4.69, 9.17) is 5.73 Å². The summed E-state index contributed by atoms with van der Waals surface area (Å²) >= 11 is 0. The maximum Gasteiger partial charge on any atom is 0.270 e. The molecule has 2 rings (SSSR count). The lowest BCUT2D eigenvalue weighted by molar-refractivity contribution is 0.0934. The van der Waals surface area contributed by atoms with Gasteiger partial charge in [0.15, 0.2) is 0 Å². The highest BCUT2D eigenvalue weighted by Gasteiger charge is 2.11. The van der Waals surface area contributed by atoms with Crippen molar-refractivity contribution in [2.45, 2.75) is 26.3 Å². The highest BCUT2D eigenvalue weighted by molar-refractivity contribution is 5.97. The van der Waals surface area contributed by atoms with Crippen LogP contribution in [0.15, 0.2) is 30.3 Å². The Labute approximate surface area is 106 Å². The molecule has 0 aliphatic heterocycles. The van der Waals surface area contributed by atoms with Crippen molar-refractivity contribution in [2.75, 3.05) is 5.73 Å². The molecule has 18 heavy (non-hydrogen) atoms. The van der Waals surface area contributed by atoms with Gasteiger partial charge in [0.25, 0.3) is 5.91 Å². The molecule has 2 aromatic rings. The van der Waals surface area contributed by atoms with E-state index in [-0.39, 0.29) is 11.9 Å². The summed E-state index contributed by atoms with van der Waals surface area (Å²) < 4.78 is 0. The lowest BCUT2D eigenvalue weighted by atomic mass is 10.1. The molecule has 1 aromatic carbocycles. The molecule has 1 atom stereocenters. The number of carbonyl (C=O) groups is 1. The predicted molar refractivity (Wildman–Crippen MR) is 73.4 cm³/mol. The van der Waals surface area contributed by atoms with Crippen LogP contribution in [0.5, 0.6) is 0 Å². The average Bonchev–Trinajstić information content (AvgIpc) is 2.38. The summed E-state index contributed by atoms with van der Waals surface area (Å²) in [6, 6.07) is 9.31. The minimum atomic E-state index is -0.158. The van der Waals surface area contributed by atoms with Crippen molar-refractivity contribution < 1.29 is 4.79 Å². The fourth-order valence-corrected chi connectivity index (χ4v) is 1.70. The van der Waals surface area contributed by atoms with Crippen molar-refractivity contribution in [1.82, 2.24) is 10.3 Å². The van der Waals surface area contributed by atoms with Crippen LogP contribution in [-0.4, -0.2) is 16.9 Å². The molecule has 0 aliphatic rings. The fraction of sp³-hybridized carbons (Fsp3) is 0.286. The van der Waals surface area contributed by atoms with E-state index in [0.717, 1.165) is 11.8 Å². The van der Waals surface area contributed by atoms with E-state index in [1.165, 1.54) is 0 Å². The highest BCUT2D eigenvalue weighted by atomic mass is 16.1. The molecule has 4 nitrogen and oxygen atoms in total. The number of anilines is 1. The number of para-hydroxylation sites is 1. The second-order valence-electron chi connectivity index (χ2n) is 4.40. The van der Waals surface area contributed by atoms with Crippen LogP contribution >= 0.6 is 0 Å². The van der Waals surface area contributed by atoms with Gasteiger partial charge in [-0.3, -0.25) is 4.79 Å².